The zero-order valence-corrected chi connectivity index (χ0v) is 8.43. The maximum Gasteiger partial charge on any atom is 0.159 e. The van der Waals surface area contributed by atoms with Gasteiger partial charge in [-0.2, -0.15) is 0 Å². The van der Waals surface area contributed by atoms with Gasteiger partial charge in [0.1, 0.15) is 0 Å². The molecule has 1 nitrogen and oxygen atoms in total. The van der Waals surface area contributed by atoms with E-state index in [9.17, 15) is 8.78 Å². The topological polar surface area (TPSA) is 26.0 Å². The first kappa shape index (κ1) is 11.1. The molecule has 0 fully saturated rings. The molecule has 14 heavy (non-hydrogen) atoms. The van der Waals surface area contributed by atoms with Crippen LogP contribution >= 0.6 is 0 Å². The predicted molar refractivity (Wildman–Crippen MR) is 53.0 cm³/mol. The number of hydrogen-bond donors (Lipinski definition) is 1. The molecule has 0 spiro atoms. The molecule has 0 radical (unpaired) electrons. The molecule has 0 heterocycles. The highest BCUT2D eigenvalue weighted by atomic mass is 19.2. The summed E-state index contributed by atoms with van der Waals surface area (Å²) in [4.78, 5) is 0. The average Bonchev–Trinajstić information content (AvgIpc) is 2.20. The fourth-order valence-electron chi connectivity index (χ4n) is 1.33. The molecule has 1 aromatic carbocycles. The van der Waals surface area contributed by atoms with Crippen molar-refractivity contribution in [2.24, 2.45) is 11.7 Å². The van der Waals surface area contributed by atoms with E-state index in [0.29, 0.717) is 6.54 Å². The Hall–Kier alpha value is -0.960. The lowest BCUT2D eigenvalue weighted by molar-refractivity contribution is 0.481. The SMILES string of the molecule is CC(CN)C(C)c1ccc(F)c(F)c1. The molecule has 2 N–H and O–H groups in total. The van der Waals surface area contributed by atoms with E-state index < -0.39 is 11.6 Å². The monoisotopic (exact) mass is 199 g/mol. The fourth-order valence-corrected chi connectivity index (χ4v) is 1.33. The third kappa shape index (κ3) is 2.29. The number of nitrogens with two attached hydrogens (primary N) is 1. The first-order chi connectivity index (χ1) is 6.56. The summed E-state index contributed by atoms with van der Waals surface area (Å²) in [5, 5.41) is 0. The lowest BCUT2D eigenvalue weighted by Crippen LogP contribution is -2.17. The van der Waals surface area contributed by atoms with E-state index in [2.05, 4.69) is 0 Å². The van der Waals surface area contributed by atoms with Gasteiger partial charge in [0.25, 0.3) is 0 Å². The van der Waals surface area contributed by atoms with Crippen LogP contribution < -0.4 is 5.73 Å². The Morgan fingerprint density at radius 1 is 1.21 bits per heavy atom. The second kappa shape index (κ2) is 4.51. The first-order valence-corrected chi connectivity index (χ1v) is 4.71. The summed E-state index contributed by atoms with van der Waals surface area (Å²) in [5.74, 6) is -1.19. The normalized spacial score (nSPS) is 15.2. The van der Waals surface area contributed by atoms with Crippen molar-refractivity contribution in [3.63, 3.8) is 0 Å². The van der Waals surface area contributed by atoms with Gasteiger partial charge in [0, 0.05) is 0 Å². The molecule has 2 atom stereocenters. The molecule has 78 valence electrons. The van der Waals surface area contributed by atoms with Crippen molar-refractivity contribution < 1.29 is 8.78 Å². The summed E-state index contributed by atoms with van der Waals surface area (Å²) >= 11 is 0. The Balaban J connectivity index is 2.91. The van der Waals surface area contributed by atoms with Gasteiger partial charge in [-0.25, -0.2) is 8.78 Å². The molecule has 0 bridgehead atoms. The Labute approximate surface area is 82.9 Å². The summed E-state index contributed by atoms with van der Waals surface area (Å²) in [5.41, 5.74) is 6.30. The van der Waals surface area contributed by atoms with Gasteiger partial charge < -0.3 is 5.73 Å². The molecule has 0 aromatic heterocycles. The molecule has 3 heteroatoms. The van der Waals surface area contributed by atoms with Crippen molar-refractivity contribution in [1.29, 1.82) is 0 Å². The lowest BCUT2D eigenvalue weighted by Gasteiger charge is -2.18. The van der Waals surface area contributed by atoms with Gasteiger partial charge in [0.15, 0.2) is 11.6 Å². The maximum atomic E-state index is 12.9. The second-order valence-electron chi connectivity index (χ2n) is 3.68. The molecular formula is C11H15F2N. The molecule has 2 unspecified atom stereocenters. The Kier molecular flexibility index (Phi) is 3.58. The van der Waals surface area contributed by atoms with Crippen LogP contribution in [-0.4, -0.2) is 6.54 Å². The number of rotatable bonds is 3. The minimum absolute atomic E-state index is 0.148. The zero-order valence-electron chi connectivity index (χ0n) is 8.43. The highest BCUT2D eigenvalue weighted by Gasteiger charge is 2.14. The van der Waals surface area contributed by atoms with Crippen LogP contribution in [0.3, 0.4) is 0 Å². The van der Waals surface area contributed by atoms with E-state index in [1.54, 1.807) is 6.07 Å². The lowest BCUT2D eigenvalue weighted by atomic mass is 9.89. The van der Waals surface area contributed by atoms with Crippen LogP contribution in [0.4, 0.5) is 8.78 Å². The number of halogens is 2. The van der Waals surface area contributed by atoms with E-state index in [1.165, 1.54) is 6.07 Å². The smallest absolute Gasteiger partial charge is 0.159 e. The summed E-state index contributed by atoms with van der Waals surface area (Å²) in [6, 6.07) is 4.01. The van der Waals surface area contributed by atoms with Gasteiger partial charge in [-0.15, -0.1) is 0 Å². The van der Waals surface area contributed by atoms with Gasteiger partial charge in [-0.05, 0) is 36.1 Å². The van der Waals surface area contributed by atoms with Gasteiger partial charge in [0.2, 0.25) is 0 Å². The largest absolute Gasteiger partial charge is 0.330 e. The van der Waals surface area contributed by atoms with Crippen molar-refractivity contribution in [2.45, 2.75) is 19.8 Å². The second-order valence-corrected chi connectivity index (χ2v) is 3.68. The minimum atomic E-state index is -0.804. The van der Waals surface area contributed by atoms with Crippen molar-refractivity contribution in [1.82, 2.24) is 0 Å². The minimum Gasteiger partial charge on any atom is -0.330 e. The molecule has 0 saturated heterocycles. The van der Waals surface area contributed by atoms with E-state index in [-0.39, 0.29) is 11.8 Å². The van der Waals surface area contributed by atoms with Gasteiger partial charge in [-0.1, -0.05) is 19.9 Å². The van der Waals surface area contributed by atoms with E-state index in [4.69, 9.17) is 5.73 Å². The average molecular weight is 199 g/mol. The third-order valence-corrected chi connectivity index (χ3v) is 2.69. The Bertz CT molecular complexity index is 312. The van der Waals surface area contributed by atoms with E-state index >= 15 is 0 Å². The first-order valence-electron chi connectivity index (χ1n) is 4.71. The fraction of sp³-hybridized carbons (Fsp3) is 0.455. The van der Waals surface area contributed by atoms with Crippen LogP contribution in [0, 0.1) is 17.6 Å². The zero-order chi connectivity index (χ0) is 10.7. The van der Waals surface area contributed by atoms with Crippen LogP contribution in [0.15, 0.2) is 18.2 Å². The molecule has 0 aliphatic heterocycles. The quantitative estimate of drug-likeness (QED) is 0.795. The highest BCUT2D eigenvalue weighted by molar-refractivity contribution is 5.21. The van der Waals surface area contributed by atoms with Gasteiger partial charge in [0.05, 0.1) is 0 Å². The van der Waals surface area contributed by atoms with Crippen LogP contribution in [0.25, 0.3) is 0 Å². The van der Waals surface area contributed by atoms with Gasteiger partial charge in [-0.3, -0.25) is 0 Å². The Morgan fingerprint density at radius 3 is 2.36 bits per heavy atom. The third-order valence-electron chi connectivity index (χ3n) is 2.69. The van der Waals surface area contributed by atoms with Gasteiger partial charge >= 0.3 is 0 Å². The number of benzene rings is 1. The van der Waals surface area contributed by atoms with Crippen molar-refractivity contribution >= 4 is 0 Å². The van der Waals surface area contributed by atoms with E-state index in [0.717, 1.165) is 11.6 Å². The summed E-state index contributed by atoms with van der Waals surface area (Å²) in [7, 11) is 0. The summed E-state index contributed by atoms with van der Waals surface area (Å²) in [6.07, 6.45) is 0. The van der Waals surface area contributed by atoms with Crippen LogP contribution in [0.2, 0.25) is 0 Å². The molecule has 0 aliphatic rings. The van der Waals surface area contributed by atoms with Crippen LogP contribution in [-0.2, 0) is 0 Å². The molecular weight excluding hydrogens is 184 g/mol. The molecule has 0 amide bonds. The van der Waals surface area contributed by atoms with Crippen molar-refractivity contribution in [2.75, 3.05) is 6.54 Å². The summed E-state index contributed by atoms with van der Waals surface area (Å²) in [6.45, 7) is 4.50. The molecule has 1 rings (SSSR count). The standard InChI is InChI=1S/C11H15F2N/c1-7(6-14)8(2)9-3-4-10(12)11(13)5-9/h3-5,7-8H,6,14H2,1-2H3. The number of hydrogen-bond acceptors (Lipinski definition) is 1. The predicted octanol–water partition coefficient (Wildman–Crippen LogP) is 2.66. The maximum absolute atomic E-state index is 12.9. The Morgan fingerprint density at radius 2 is 1.86 bits per heavy atom. The highest BCUT2D eigenvalue weighted by Crippen LogP contribution is 2.24. The van der Waals surface area contributed by atoms with Crippen LogP contribution in [0.1, 0.15) is 25.3 Å². The molecule has 1 aromatic rings. The molecule has 0 aliphatic carbocycles. The van der Waals surface area contributed by atoms with Crippen molar-refractivity contribution in [3.8, 4) is 0 Å². The van der Waals surface area contributed by atoms with Crippen molar-refractivity contribution in [3.05, 3.63) is 35.4 Å². The summed E-state index contributed by atoms with van der Waals surface area (Å²) < 4.78 is 25.5. The van der Waals surface area contributed by atoms with E-state index in [1.807, 2.05) is 13.8 Å². The molecule has 0 saturated carbocycles. The van der Waals surface area contributed by atoms with Crippen LogP contribution in [0.5, 0.6) is 0 Å².